The third-order valence-electron chi connectivity index (χ3n) is 3.82. The van der Waals surface area contributed by atoms with Crippen LogP contribution in [0.5, 0.6) is 23.0 Å². The molecule has 0 fully saturated rings. The van der Waals surface area contributed by atoms with E-state index >= 15 is 0 Å². The summed E-state index contributed by atoms with van der Waals surface area (Å²) in [6, 6.07) is 6.95. The van der Waals surface area contributed by atoms with Crippen LogP contribution in [0.3, 0.4) is 0 Å². The highest BCUT2D eigenvalue weighted by Gasteiger charge is 2.42. The number of hydrogen-bond donors (Lipinski definition) is 4. The van der Waals surface area contributed by atoms with Gasteiger partial charge in [-0.2, -0.15) is 13.2 Å². The number of nitrogens with zero attached hydrogens (tertiary/aromatic N) is 1. The number of benzene rings is 2. The Morgan fingerprint density at radius 2 is 1.38 bits per heavy atom. The van der Waals surface area contributed by atoms with Crippen molar-refractivity contribution in [2.24, 2.45) is 0 Å². The molecule has 0 saturated carbocycles. The molecule has 0 heterocycles. The summed E-state index contributed by atoms with van der Waals surface area (Å²) in [6.45, 7) is -0.519. The fourth-order valence-corrected chi connectivity index (χ4v) is 2.59. The van der Waals surface area contributed by atoms with Crippen molar-refractivity contribution in [3.05, 3.63) is 47.5 Å². The van der Waals surface area contributed by atoms with E-state index in [1.54, 1.807) is 0 Å². The zero-order valence-corrected chi connectivity index (χ0v) is 13.5. The summed E-state index contributed by atoms with van der Waals surface area (Å²) < 4.78 is 38.0. The van der Waals surface area contributed by atoms with E-state index in [1.165, 1.54) is 24.3 Å². The maximum Gasteiger partial charge on any atom is 0.471 e. The van der Waals surface area contributed by atoms with Crippen LogP contribution in [0.2, 0.25) is 0 Å². The molecule has 2 aromatic rings. The van der Waals surface area contributed by atoms with Gasteiger partial charge in [0.05, 0.1) is 0 Å². The van der Waals surface area contributed by atoms with Crippen molar-refractivity contribution in [3.63, 3.8) is 0 Å². The van der Waals surface area contributed by atoms with Gasteiger partial charge in [0, 0.05) is 42.8 Å². The zero-order valence-electron chi connectivity index (χ0n) is 13.5. The van der Waals surface area contributed by atoms with Crippen LogP contribution >= 0.6 is 0 Å². The normalized spacial score (nSPS) is 11.6. The van der Waals surface area contributed by atoms with Crippen LogP contribution in [0.1, 0.15) is 17.0 Å². The molecule has 4 N–H and O–H groups in total. The molecule has 140 valence electrons. The summed E-state index contributed by atoms with van der Waals surface area (Å²) in [6.07, 6.45) is -5.08. The number of aromatic hydroxyl groups is 4. The first-order valence-electron chi connectivity index (χ1n) is 7.36. The van der Waals surface area contributed by atoms with Gasteiger partial charge in [0.25, 0.3) is 0 Å². The fraction of sp³-hybridized carbons (Fsp3) is 0.235. The highest BCUT2D eigenvalue weighted by atomic mass is 19.4. The lowest BCUT2D eigenvalue weighted by Gasteiger charge is -2.26. The minimum Gasteiger partial charge on any atom is -0.508 e. The Balaban J connectivity index is 2.50. The van der Waals surface area contributed by atoms with Crippen LogP contribution in [0.4, 0.5) is 13.2 Å². The van der Waals surface area contributed by atoms with Gasteiger partial charge in [-0.3, -0.25) is 4.79 Å². The van der Waals surface area contributed by atoms with Crippen LogP contribution in [0.25, 0.3) is 0 Å². The van der Waals surface area contributed by atoms with Gasteiger partial charge in [0.2, 0.25) is 0 Å². The smallest absolute Gasteiger partial charge is 0.471 e. The van der Waals surface area contributed by atoms with Gasteiger partial charge >= 0.3 is 12.1 Å². The molecule has 0 radical (unpaired) electrons. The van der Waals surface area contributed by atoms with Crippen molar-refractivity contribution in [2.75, 3.05) is 13.6 Å². The van der Waals surface area contributed by atoms with Gasteiger partial charge in [-0.1, -0.05) is 12.1 Å². The van der Waals surface area contributed by atoms with E-state index in [0.717, 1.165) is 19.2 Å². The monoisotopic (exact) mass is 371 g/mol. The van der Waals surface area contributed by atoms with Gasteiger partial charge in [-0.05, 0) is 12.1 Å². The van der Waals surface area contributed by atoms with Crippen molar-refractivity contribution in [1.29, 1.82) is 0 Å². The average Bonchev–Trinajstić information content (AvgIpc) is 2.52. The molecule has 1 amide bonds. The van der Waals surface area contributed by atoms with E-state index in [9.17, 15) is 38.4 Å². The molecule has 0 spiro atoms. The molecule has 0 atom stereocenters. The quantitative estimate of drug-likeness (QED) is 0.662. The van der Waals surface area contributed by atoms with Crippen LogP contribution in [-0.4, -0.2) is 51.0 Å². The van der Waals surface area contributed by atoms with Gasteiger partial charge in [-0.25, -0.2) is 0 Å². The Labute approximate surface area is 146 Å². The van der Waals surface area contributed by atoms with Crippen molar-refractivity contribution in [1.82, 2.24) is 4.90 Å². The van der Waals surface area contributed by atoms with Crippen LogP contribution < -0.4 is 0 Å². The minimum absolute atomic E-state index is 0.0885. The third kappa shape index (κ3) is 4.11. The molecule has 2 aromatic carbocycles. The standard InChI is InChI=1S/C17H16F3NO5/c1-21(16(26)17(18,19)20)8-13(11-4-2-9(22)6-14(11)24)12-5-3-10(23)7-15(12)25/h2-7,13,22-25H,8H2,1H3. The Hall–Kier alpha value is -3.10. The lowest BCUT2D eigenvalue weighted by atomic mass is 9.89. The number of amides is 1. The topological polar surface area (TPSA) is 101 Å². The maximum absolute atomic E-state index is 12.7. The van der Waals surface area contributed by atoms with E-state index in [2.05, 4.69) is 0 Å². The molecule has 0 unspecified atom stereocenters. The fourth-order valence-electron chi connectivity index (χ4n) is 2.59. The molecule has 0 aromatic heterocycles. The van der Waals surface area contributed by atoms with E-state index in [1.807, 2.05) is 0 Å². The summed E-state index contributed by atoms with van der Waals surface area (Å²) in [5.41, 5.74) is 0.177. The second kappa shape index (κ2) is 7.03. The number of rotatable bonds is 4. The van der Waals surface area contributed by atoms with E-state index < -0.39 is 36.0 Å². The molecule has 0 aliphatic rings. The lowest BCUT2D eigenvalue weighted by molar-refractivity contribution is -0.184. The van der Waals surface area contributed by atoms with Crippen LogP contribution in [0, 0.1) is 0 Å². The molecule has 26 heavy (non-hydrogen) atoms. The number of alkyl halides is 3. The molecule has 0 bridgehead atoms. The predicted octanol–water partition coefficient (Wildman–Crippen LogP) is 2.66. The first kappa shape index (κ1) is 19.2. The van der Waals surface area contributed by atoms with Crippen LogP contribution in [0.15, 0.2) is 36.4 Å². The molecule has 2 rings (SSSR count). The lowest BCUT2D eigenvalue weighted by Crippen LogP contribution is -2.40. The number of carbonyl (C=O) groups is 1. The molecular weight excluding hydrogens is 355 g/mol. The molecule has 0 aliphatic heterocycles. The number of likely N-dealkylation sites (N-methyl/N-ethyl adjacent to an activating group) is 1. The van der Waals surface area contributed by atoms with E-state index in [4.69, 9.17) is 0 Å². The molecule has 0 saturated heterocycles. The number of hydrogen-bond acceptors (Lipinski definition) is 5. The first-order chi connectivity index (χ1) is 12.0. The van der Waals surface area contributed by atoms with Crippen molar-refractivity contribution >= 4 is 5.91 Å². The van der Waals surface area contributed by atoms with Gasteiger partial charge < -0.3 is 25.3 Å². The van der Waals surface area contributed by atoms with Gasteiger partial charge in [0.15, 0.2) is 0 Å². The number of carbonyl (C=O) groups excluding carboxylic acids is 1. The highest BCUT2D eigenvalue weighted by Crippen LogP contribution is 2.39. The van der Waals surface area contributed by atoms with Crippen molar-refractivity contribution in [2.45, 2.75) is 12.1 Å². The van der Waals surface area contributed by atoms with Crippen molar-refractivity contribution < 1.29 is 38.4 Å². The Kier molecular flexibility index (Phi) is 5.20. The summed E-state index contributed by atoms with van der Waals surface area (Å²) in [4.78, 5) is 11.9. The summed E-state index contributed by atoms with van der Waals surface area (Å²) in [5, 5.41) is 38.9. The second-order valence-corrected chi connectivity index (χ2v) is 5.72. The number of halogens is 3. The molecular formula is C17H16F3NO5. The Bertz CT molecular complexity index is 771. The minimum atomic E-state index is -5.08. The van der Waals surface area contributed by atoms with E-state index in [0.29, 0.717) is 4.90 Å². The molecule has 6 nitrogen and oxygen atoms in total. The van der Waals surface area contributed by atoms with Crippen LogP contribution in [-0.2, 0) is 4.79 Å². The molecule has 0 aliphatic carbocycles. The van der Waals surface area contributed by atoms with Crippen molar-refractivity contribution in [3.8, 4) is 23.0 Å². The summed E-state index contributed by atoms with van der Waals surface area (Å²) in [7, 11) is 0.942. The van der Waals surface area contributed by atoms with Gasteiger partial charge in [-0.15, -0.1) is 0 Å². The summed E-state index contributed by atoms with van der Waals surface area (Å²) >= 11 is 0. The third-order valence-corrected chi connectivity index (χ3v) is 3.82. The number of phenolic OH excluding ortho intramolecular Hbond substituents is 4. The van der Waals surface area contributed by atoms with E-state index in [-0.39, 0.29) is 22.6 Å². The first-order valence-corrected chi connectivity index (χ1v) is 7.36. The molecule has 9 heteroatoms. The SMILES string of the molecule is CN(CC(c1ccc(O)cc1O)c1ccc(O)cc1O)C(=O)C(F)(F)F. The van der Waals surface area contributed by atoms with Gasteiger partial charge in [0.1, 0.15) is 23.0 Å². The second-order valence-electron chi connectivity index (χ2n) is 5.72. The number of phenols is 4. The Morgan fingerprint density at radius 3 is 1.73 bits per heavy atom. The highest BCUT2D eigenvalue weighted by molar-refractivity contribution is 5.81. The predicted molar refractivity (Wildman–Crippen MR) is 85.1 cm³/mol. The largest absolute Gasteiger partial charge is 0.508 e. The maximum atomic E-state index is 12.7. The average molecular weight is 371 g/mol. The Morgan fingerprint density at radius 1 is 0.962 bits per heavy atom. The summed E-state index contributed by atoms with van der Waals surface area (Å²) in [5.74, 6) is -4.50. The zero-order chi connectivity index (χ0) is 19.6.